The maximum absolute atomic E-state index is 4.39. The smallest absolute Gasteiger partial charge is 0.193 e. The van der Waals surface area contributed by atoms with Gasteiger partial charge in [0.25, 0.3) is 0 Å². The van der Waals surface area contributed by atoms with Crippen molar-refractivity contribution in [2.75, 3.05) is 44.4 Å². The Morgan fingerprint density at radius 3 is 2.94 bits per heavy atom. The molecule has 1 N–H and O–H groups in total. The van der Waals surface area contributed by atoms with Crippen molar-refractivity contribution in [2.24, 2.45) is 10.9 Å². The molecular formula is C12H25N3S2. The van der Waals surface area contributed by atoms with Crippen LogP contribution >= 0.6 is 23.5 Å². The fourth-order valence-electron chi connectivity index (χ4n) is 1.87. The van der Waals surface area contributed by atoms with E-state index < -0.39 is 0 Å². The number of hydrogen-bond donors (Lipinski definition) is 1. The summed E-state index contributed by atoms with van der Waals surface area (Å²) in [5.74, 6) is 4.17. The third kappa shape index (κ3) is 5.00. The van der Waals surface area contributed by atoms with Crippen molar-refractivity contribution < 1.29 is 0 Å². The summed E-state index contributed by atoms with van der Waals surface area (Å²) >= 11 is 3.97. The van der Waals surface area contributed by atoms with Crippen LogP contribution in [0.3, 0.4) is 0 Å². The molecule has 3 nitrogen and oxygen atoms in total. The Morgan fingerprint density at radius 2 is 2.35 bits per heavy atom. The zero-order chi connectivity index (χ0) is 12.7. The van der Waals surface area contributed by atoms with E-state index in [0.29, 0.717) is 0 Å². The van der Waals surface area contributed by atoms with Crippen LogP contribution in [0.25, 0.3) is 0 Å². The molecule has 0 aromatic rings. The zero-order valence-electron chi connectivity index (χ0n) is 11.4. The van der Waals surface area contributed by atoms with Crippen LogP contribution in [0.5, 0.6) is 0 Å². The monoisotopic (exact) mass is 275 g/mol. The summed E-state index contributed by atoms with van der Waals surface area (Å²) in [6.45, 7) is 7.87. The van der Waals surface area contributed by atoms with Crippen LogP contribution in [-0.2, 0) is 0 Å². The van der Waals surface area contributed by atoms with Crippen LogP contribution < -0.4 is 5.32 Å². The molecule has 1 fully saturated rings. The molecule has 5 heteroatoms. The fourth-order valence-corrected chi connectivity index (χ4v) is 3.47. The molecule has 1 unspecified atom stereocenters. The molecule has 0 spiro atoms. The number of thioether (sulfide) groups is 2. The van der Waals surface area contributed by atoms with Gasteiger partial charge < -0.3 is 10.2 Å². The Labute approximate surface area is 114 Å². The lowest BCUT2D eigenvalue weighted by atomic mass is 10.1. The molecule has 1 aliphatic heterocycles. The van der Waals surface area contributed by atoms with Gasteiger partial charge in [0.1, 0.15) is 0 Å². The number of aliphatic imine (C=N–C) groups is 1. The first-order valence-corrected chi connectivity index (χ1v) is 8.69. The van der Waals surface area contributed by atoms with Crippen molar-refractivity contribution in [1.82, 2.24) is 10.2 Å². The van der Waals surface area contributed by atoms with Crippen LogP contribution in [0.2, 0.25) is 0 Å². The first kappa shape index (κ1) is 15.0. The van der Waals surface area contributed by atoms with Gasteiger partial charge in [-0.2, -0.15) is 23.5 Å². The van der Waals surface area contributed by atoms with E-state index in [-0.39, 0.29) is 0 Å². The van der Waals surface area contributed by atoms with Gasteiger partial charge in [-0.3, -0.25) is 4.99 Å². The van der Waals surface area contributed by atoms with Crippen LogP contribution in [0.15, 0.2) is 4.99 Å². The highest BCUT2D eigenvalue weighted by molar-refractivity contribution is 8.00. The molecule has 0 bridgehead atoms. The highest BCUT2D eigenvalue weighted by atomic mass is 32.2. The van der Waals surface area contributed by atoms with Gasteiger partial charge in [0.05, 0.1) is 0 Å². The number of nitrogens with one attached hydrogen (secondary N) is 1. The Morgan fingerprint density at radius 1 is 1.59 bits per heavy atom. The van der Waals surface area contributed by atoms with Crippen molar-refractivity contribution in [3.05, 3.63) is 0 Å². The summed E-state index contributed by atoms with van der Waals surface area (Å²) in [6.07, 6.45) is 2.14. The van der Waals surface area contributed by atoms with Gasteiger partial charge in [0.15, 0.2) is 5.96 Å². The highest BCUT2D eigenvalue weighted by Gasteiger charge is 2.24. The molecule has 0 radical (unpaired) electrons. The maximum atomic E-state index is 4.39. The number of guanidine groups is 1. The van der Waals surface area contributed by atoms with Crippen LogP contribution in [0.4, 0.5) is 0 Å². The van der Waals surface area contributed by atoms with Gasteiger partial charge in [0.2, 0.25) is 0 Å². The van der Waals surface area contributed by atoms with E-state index in [2.05, 4.69) is 47.1 Å². The van der Waals surface area contributed by atoms with E-state index in [9.17, 15) is 0 Å². The van der Waals surface area contributed by atoms with Gasteiger partial charge in [-0.25, -0.2) is 0 Å². The average molecular weight is 275 g/mol. The average Bonchev–Trinajstić information content (AvgIpc) is 2.35. The van der Waals surface area contributed by atoms with Crippen molar-refractivity contribution in [3.63, 3.8) is 0 Å². The predicted molar refractivity (Wildman–Crippen MR) is 82.4 cm³/mol. The number of nitrogens with zero attached hydrogens (tertiary/aromatic N) is 2. The van der Waals surface area contributed by atoms with E-state index in [4.69, 9.17) is 0 Å². The number of hydrogen-bond acceptors (Lipinski definition) is 3. The summed E-state index contributed by atoms with van der Waals surface area (Å²) in [4.78, 5) is 6.79. The summed E-state index contributed by atoms with van der Waals surface area (Å²) in [5, 5.41) is 4.18. The van der Waals surface area contributed by atoms with Crippen LogP contribution in [-0.4, -0.2) is 60.6 Å². The Hall–Kier alpha value is -0.0300. The topological polar surface area (TPSA) is 27.6 Å². The Kier molecular flexibility index (Phi) is 7.19. The molecule has 1 rings (SSSR count). The fraction of sp³-hybridized carbons (Fsp3) is 0.917. The second-order valence-corrected chi connectivity index (χ2v) is 6.90. The lowest BCUT2D eigenvalue weighted by molar-refractivity contribution is 0.382. The van der Waals surface area contributed by atoms with E-state index >= 15 is 0 Å². The Bertz CT molecular complexity index is 244. The summed E-state index contributed by atoms with van der Waals surface area (Å²) in [6, 6.07) is 0. The van der Waals surface area contributed by atoms with E-state index in [1.165, 1.54) is 5.75 Å². The molecule has 0 amide bonds. The lowest BCUT2D eigenvalue weighted by Crippen LogP contribution is -2.49. The molecule has 0 aromatic heterocycles. The second-order valence-electron chi connectivity index (χ2n) is 4.57. The first-order chi connectivity index (χ1) is 8.19. The molecule has 1 atom stereocenters. The largest absolute Gasteiger partial charge is 0.355 e. The summed E-state index contributed by atoms with van der Waals surface area (Å²) in [7, 11) is 1.88. The van der Waals surface area contributed by atoms with Crippen molar-refractivity contribution in [1.29, 1.82) is 0 Å². The van der Waals surface area contributed by atoms with Crippen LogP contribution in [0.1, 0.15) is 13.8 Å². The van der Waals surface area contributed by atoms with E-state index in [1.807, 2.05) is 18.8 Å². The molecular weight excluding hydrogens is 250 g/mol. The van der Waals surface area contributed by atoms with Gasteiger partial charge in [-0.15, -0.1) is 0 Å². The number of rotatable bonds is 4. The quantitative estimate of drug-likeness (QED) is 0.482. The lowest BCUT2D eigenvalue weighted by Gasteiger charge is -2.36. The molecule has 17 heavy (non-hydrogen) atoms. The Balaban J connectivity index is 2.45. The zero-order valence-corrected chi connectivity index (χ0v) is 13.0. The normalized spacial score (nSPS) is 22.1. The standard InChI is InChI=1S/C12H25N3S2/c1-10(2)11-9-15(6-8-17-11)12(13-3)14-5-7-16-4/h10-11H,5-9H2,1-4H3,(H,13,14). The highest BCUT2D eigenvalue weighted by Crippen LogP contribution is 2.24. The molecule has 1 heterocycles. The SMILES string of the molecule is CN=C(NCCSC)N1CCSC(C(C)C)C1. The summed E-state index contributed by atoms with van der Waals surface area (Å²) in [5.41, 5.74) is 0. The maximum Gasteiger partial charge on any atom is 0.193 e. The molecule has 0 aliphatic carbocycles. The molecule has 0 saturated carbocycles. The molecule has 0 aromatic carbocycles. The molecule has 1 aliphatic rings. The van der Waals surface area contributed by atoms with Gasteiger partial charge in [-0.05, 0) is 12.2 Å². The van der Waals surface area contributed by atoms with Crippen molar-refractivity contribution >= 4 is 29.5 Å². The minimum Gasteiger partial charge on any atom is -0.355 e. The van der Waals surface area contributed by atoms with Gasteiger partial charge in [0, 0.05) is 43.4 Å². The van der Waals surface area contributed by atoms with Gasteiger partial charge in [-0.1, -0.05) is 13.8 Å². The molecule has 1 saturated heterocycles. The third-order valence-electron chi connectivity index (χ3n) is 2.94. The summed E-state index contributed by atoms with van der Waals surface area (Å²) < 4.78 is 0. The predicted octanol–water partition coefficient (Wildman–Crippen LogP) is 2.00. The molecule has 100 valence electrons. The van der Waals surface area contributed by atoms with Gasteiger partial charge >= 0.3 is 0 Å². The second kappa shape index (κ2) is 8.14. The van der Waals surface area contributed by atoms with Crippen molar-refractivity contribution in [3.8, 4) is 0 Å². The van der Waals surface area contributed by atoms with Crippen LogP contribution in [0, 0.1) is 5.92 Å². The first-order valence-electron chi connectivity index (χ1n) is 6.25. The minimum atomic E-state index is 0.739. The minimum absolute atomic E-state index is 0.739. The van der Waals surface area contributed by atoms with E-state index in [1.54, 1.807) is 0 Å². The third-order valence-corrected chi connectivity index (χ3v) is 5.09. The van der Waals surface area contributed by atoms with E-state index in [0.717, 1.165) is 42.5 Å². The van der Waals surface area contributed by atoms with Crippen molar-refractivity contribution in [2.45, 2.75) is 19.1 Å².